The van der Waals surface area contributed by atoms with Crippen molar-refractivity contribution in [1.82, 2.24) is 19.7 Å². The van der Waals surface area contributed by atoms with Crippen molar-refractivity contribution < 1.29 is 0 Å². The number of hydrogen-bond acceptors (Lipinski definition) is 6. The van der Waals surface area contributed by atoms with Crippen LogP contribution in [-0.4, -0.2) is 45.9 Å². The van der Waals surface area contributed by atoms with Crippen LogP contribution in [0.3, 0.4) is 0 Å². The molecule has 1 fully saturated rings. The van der Waals surface area contributed by atoms with Crippen LogP contribution in [0.4, 0.5) is 11.6 Å². The molecule has 3 rings (SSSR count). The van der Waals surface area contributed by atoms with E-state index in [4.69, 9.17) is 0 Å². The smallest absolute Gasteiger partial charge is 0.266 e. The van der Waals surface area contributed by atoms with E-state index in [9.17, 15) is 4.79 Å². The summed E-state index contributed by atoms with van der Waals surface area (Å²) in [7, 11) is 0. The lowest BCUT2D eigenvalue weighted by molar-refractivity contribution is 0.587. The maximum Gasteiger partial charge on any atom is 0.266 e. The third-order valence-electron chi connectivity index (χ3n) is 4.36. The highest BCUT2D eigenvalue weighted by Crippen LogP contribution is 2.21. The average molecular weight is 314 g/mol. The van der Waals surface area contributed by atoms with E-state index in [0.717, 1.165) is 49.1 Å². The fraction of sp³-hybridized carbons (Fsp3) is 0.500. The van der Waals surface area contributed by atoms with E-state index in [1.807, 2.05) is 19.9 Å². The molecule has 0 aliphatic carbocycles. The number of nitrogens with zero attached hydrogens (tertiary/aromatic N) is 6. The van der Waals surface area contributed by atoms with Crippen LogP contribution in [0.25, 0.3) is 0 Å². The highest BCUT2D eigenvalue weighted by molar-refractivity contribution is 5.49. The summed E-state index contributed by atoms with van der Waals surface area (Å²) in [5, 5.41) is 4.43. The van der Waals surface area contributed by atoms with E-state index >= 15 is 0 Å². The van der Waals surface area contributed by atoms with Crippen molar-refractivity contribution in [1.29, 1.82) is 0 Å². The zero-order valence-electron chi connectivity index (χ0n) is 13.9. The zero-order valence-corrected chi connectivity index (χ0v) is 13.9. The predicted molar refractivity (Wildman–Crippen MR) is 90.1 cm³/mol. The topological polar surface area (TPSA) is 67.2 Å². The summed E-state index contributed by atoms with van der Waals surface area (Å²) in [6, 6.07) is 3.40. The van der Waals surface area contributed by atoms with Gasteiger partial charge in [-0.1, -0.05) is 0 Å². The van der Waals surface area contributed by atoms with Crippen LogP contribution in [0.2, 0.25) is 0 Å². The van der Waals surface area contributed by atoms with Gasteiger partial charge in [0.05, 0.1) is 0 Å². The van der Waals surface area contributed by atoms with Crippen LogP contribution in [0.1, 0.15) is 18.2 Å². The number of aryl methyl sites for hydroxylation is 2. The molecular weight excluding hydrogens is 292 g/mol. The summed E-state index contributed by atoms with van der Waals surface area (Å²) in [5.41, 5.74) is 2.11. The second-order valence-electron chi connectivity index (χ2n) is 5.73. The van der Waals surface area contributed by atoms with Crippen LogP contribution in [-0.2, 0) is 6.54 Å². The molecule has 1 saturated heterocycles. The van der Waals surface area contributed by atoms with Gasteiger partial charge < -0.3 is 9.80 Å². The monoisotopic (exact) mass is 314 g/mol. The van der Waals surface area contributed by atoms with Gasteiger partial charge in [0.25, 0.3) is 5.56 Å². The first-order valence-corrected chi connectivity index (χ1v) is 7.96. The molecular formula is C16H22N6O. The van der Waals surface area contributed by atoms with Gasteiger partial charge in [0.1, 0.15) is 18.0 Å². The normalized spacial score (nSPS) is 15.1. The molecule has 7 nitrogen and oxygen atoms in total. The molecule has 7 heteroatoms. The van der Waals surface area contributed by atoms with Gasteiger partial charge >= 0.3 is 0 Å². The van der Waals surface area contributed by atoms with Gasteiger partial charge in [-0.25, -0.2) is 14.6 Å². The van der Waals surface area contributed by atoms with Gasteiger partial charge in [-0.2, -0.15) is 5.10 Å². The Bertz CT molecular complexity index is 748. The van der Waals surface area contributed by atoms with Gasteiger partial charge in [0.15, 0.2) is 0 Å². The second-order valence-corrected chi connectivity index (χ2v) is 5.73. The summed E-state index contributed by atoms with van der Waals surface area (Å²) in [6.45, 7) is 10.1. The minimum absolute atomic E-state index is 0.0537. The number of aromatic nitrogens is 4. The molecule has 3 heterocycles. The van der Waals surface area contributed by atoms with Crippen molar-refractivity contribution in [3.05, 3.63) is 40.1 Å². The molecule has 2 aromatic heterocycles. The molecule has 0 saturated carbocycles. The van der Waals surface area contributed by atoms with Crippen molar-refractivity contribution in [2.24, 2.45) is 0 Å². The summed E-state index contributed by atoms with van der Waals surface area (Å²) in [5.74, 6) is 1.88. The number of rotatable bonds is 3. The molecule has 0 spiro atoms. The Labute approximate surface area is 135 Å². The lowest BCUT2D eigenvalue weighted by Crippen LogP contribution is -2.47. The van der Waals surface area contributed by atoms with Gasteiger partial charge in [-0.15, -0.1) is 0 Å². The number of hydrogen-bond donors (Lipinski definition) is 0. The molecule has 0 atom stereocenters. The summed E-state index contributed by atoms with van der Waals surface area (Å²) >= 11 is 0. The van der Waals surface area contributed by atoms with E-state index in [0.29, 0.717) is 6.54 Å². The third kappa shape index (κ3) is 3.04. The minimum Gasteiger partial charge on any atom is -0.353 e. The first-order chi connectivity index (χ1) is 11.1. The standard InChI is InChI=1S/C16H22N6O/c1-4-22-15(23)6-5-14(19-22)20-7-9-21(10-8-20)16-12(2)13(3)17-11-18-16/h5-6,11H,4,7-10H2,1-3H3. The van der Waals surface area contributed by atoms with E-state index in [1.54, 1.807) is 12.4 Å². The largest absolute Gasteiger partial charge is 0.353 e. The SMILES string of the molecule is CCn1nc(N2CCN(c3ncnc(C)c3C)CC2)ccc1=O. The fourth-order valence-electron chi connectivity index (χ4n) is 2.83. The van der Waals surface area contributed by atoms with Crippen molar-refractivity contribution in [3.63, 3.8) is 0 Å². The van der Waals surface area contributed by atoms with E-state index in [1.165, 1.54) is 4.68 Å². The maximum atomic E-state index is 11.7. The lowest BCUT2D eigenvalue weighted by atomic mass is 10.2. The minimum atomic E-state index is -0.0537. The molecule has 0 bridgehead atoms. The molecule has 122 valence electrons. The predicted octanol–water partition coefficient (Wildman–Crippen LogP) is 0.997. The molecule has 0 aromatic carbocycles. The maximum absolute atomic E-state index is 11.7. The van der Waals surface area contributed by atoms with E-state index < -0.39 is 0 Å². The van der Waals surface area contributed by atoms with Crippen molar-refractivity contribution in [3.8, 4) is 0 Å². The highest BCUT2D eigenvalue weighted by atomic mass is 16.1. The highest BCUT2D eigenvalue weighted by Gasteiger charge is 2.21. The Kier molecular flexibility index (Phi) is 4.27. The van der Waals surface area contributed by atoms with E-state index in [2.05, 4.69) is 31.8 Å². The molecule has 0 radical (unpaired) electrons. The Morgan fingerprint density at radius 3 is 2.43 bits per heavy atom. The second kappa shape index (κ2) is 6.36. The number of anilines is 2. The van der Waals surface area contributed by atoms with Crippen molar-refractivity contribution in [2.45, 2.75) is 27.3 Å². The van der Waals surface area contributed by atoms with E-state index in [-0.39, 0.29) is 5.56 Å². The molecule has 0 N–H and O–H groups in total. The molecule has 1 aliphatic heterocycles. The summed E-state index contributed by atoms with van der Waals surface area (Å²) in [6.07, 6.45) is 1.63. The first kappa shape index (κ1) is 15.5. The molecule has 0 amide bonds. The summed E-state index contributed by atoms with van der Waals surface area (Å²) < 4.78 is 1.50. The third-order valence-corrected chi connectivity index (χ3v) is 4.36. The molecule has 1 aliphatic rings. The van der Waals surface area contributed by atoms with Crippen LogP contribution in [0.15, 0.2) is 23.3 Å². The van der Waals surface area contributed by atoms with Gasteiger partial charge in [0.2, 0.25) is 0 Å². The Morgan fingerprint density at radius 2 is 1.74 bits per heavy atom. The van der Waals surface area contributed by atoms with Gasteiger partial charge in [-0.3, -0.25) is 4.79 Å². The van der Waals surface area contributed by atoms with Gasteiger partial charge in [0, 0.05) is 50.0 Å². The molecule has 2 aromatic rings. The van der Waals surface area contributed by atoms with Crippen LogP contribution < -0.4 is 15.4 Å². The average Bonchev–Trinajstić information content (AvgIpc) is 2.58. The fourth-order valence-corrected chi connectivity index (χ4v) is 2.83. The quantitative estimate of drug-likeness (QED) is 0.842. The van der Waals surface area contributed by atoms with Crippen LogP contribution in [0.5, 0.6) is 0 Å². The van der Waals surface area contributed by atoms with Crippen molar-refractivity contribution >= 4 is 11.6 Å². The first-order valence-electron chi connectivity index (χ1n) is 7.96. The number of piperazine rings is 1. The van der Waals surface area contributed by atoms with Crippen molar-refractivity contribution in [2.75, 3.05) is 36.0 Å². The van der Waals surface area contributed by atoms with Crippen LogP contribution >= 0.6 is 0 Å². The summed E-state index contributed by atoms with van der Waals surface area (Å²) in [4.78, 5) is 24.8. The lowest BCUT2D eigenvalue weighted by Gasteiger charge is -2.36. The van der Waals surface area contributed by atoms with Gasteiger partial charge in [-0.05, 0) is 26.8 Å². The Morgan fingerprint density at radius 1 is 1.04 bits per heavy atom. The zero-order chi connectivity index (χ0) is 16.4. The molecule has 23 heavy (non-hydrogen) atoms. The van der Waals surface area contributed by atoms with Crippen LogP contribution in [0, 0.1) is 13.8 Å². The Hall–Kier alpha value is -2.44. The Balaban J connectivity index is 1.73. The molecule has 0 unspecified atom stereocenters.